The number of aryl methyl sites for hydroxylation is 1. The molecule has 1 aliphatic carbocycles. The highest BCUT2D eigenvalue weighted by Gasteiger charge is 2.23. The number of hydrogen-bond donors (Lipinski definition) is 1. The van der Waals surface area contributed by atoms with E-state index >= 15 is 0 Å². The van der Waals surface area contributed by atoms with Gasteiger partial charge in [-0.05, 0) is 30.7 Å². The molecule has 2 aromatic heterocycles. The lowest BCUT2D eigenvalue weighted by atomic mass is 9.89. The number of thiophene rings is 1. The molecule has 1 aliphatic heterocycles. The molecule has 4 rings (SSSR count). The molecule has 1 N–H and O–H groups in total. The lowest BCUT2D eigenvalue weighted by Crippen LogP contribution is -2.36. The normalized spacial score (nSPS) is 22.9. The molecule has 0 saturated carbocycles. The number of nitrogens with zero attached hydrogens (tertiary/aromatic N) is 2. The van der Waals surface area contributed by atoms with E-state index in [0.717, 1.165) is 55.2 Å². The fourth-order valence-corrected chi connectivity index (χ4v) is 4.84. The molecular formula is C16H21N3O2S. The molecular weight excluding hydrogens is 298 g/mol. The second-order valence-electron chi connectivity index (χ2n) is 6.43. The van der Waals surface area contributed by atoms with Gasteiger partial charge in [0, 0.05) is 18.0 Å². The third-order valence-corrected chi connectivity index (χ3v) is 5.84. The zero-order valence-corrected chi connectivity index (χ0v) is 13.7. The molecule has 2 aliphatic rings. The van der Waals surface area contributed by atoms with E-state index in [1.54, 1.807) is 11.3 Å². The van der Waals surface area contributed by atoms with Crippen molar-refractivity contribution in [1.29, 1.82) is 0 Å². The summed E-state index contributed by atoms with van der Waals surface area (Å²) in [6, 6.07) is 0. The van der Waals surface area contributed by atoms with Crippen LogP contribution in [-0.4, -0.2) is 41.2 Å². The number of rotatable bonds is 2. The fourth-order valence-electron chi connectivity index (χ4n) is 3.44. The van der Waals surface area contributed by atoms with Crippen LogP contribution in [0.25, 0.3) is 10.2 Å². The Bertz CT molecular complexity index is 746. The minimum Gasteiger partial charge on any atom is -0.379 e. The smallest absolute Gasteiger partial charge is 0.259 e. The summed E-state index contributed by atoms with van der Waals surface area (Å²) in [6.07, 6.45) is 3.28. The van der Waals surface area contributed by atoms with Gasteiger partial charge in [0.15, 0.2) is 0 Å². The zero-order valence-electron chi connectivity index (χ0n) is 12.9. The van der Waals surface area contributed by atoms with Gasteiger partial charge in [-0.25, -0.2) is 4.98 Å². The predicted octanol–water partition coefficient (Wildman–Crippen LogP) is 1.94. The maximum absolute atomic E-state index is 12.5. The first-order valence-electron chi connectivity index (χ1n) is 8.04. The highest BCUT2D eigenvalue weighted by Crippen LogP contribution is 2.35. The van der Waals surface area contributed by atoms with Crippen molar-refractivity contribution in [2.24, 2.45) is 5.92 Å². The number of aromatic amines is 1. The van der Waals surface area contributed by atoms with Gasteiger partial charge in [0.2, 0.25) is 0 Å². The van der Waals surface area contributed by atoms with Gasteiger partial charge in [0.05, 0.1) is 25.1 Å². The Labute approximate surface area is 133 Å². The average molecular weight is 319 g/mol. The van der Waals surface area contributed by atoms with Crippen molar-refractivity contribution in [2.45, 2.75) is 32.7 Å². The van der Waals surface area contributed by atoms with Crippen molar-refractivity contribution in [2.75, 3.05) is 26.3 Å². The summed E-state index contributed by atoms with van der Waals surface area (Å²) < 4.78 is 5.36. The average Bonchev–Trinajstić information content (AvgIpc) is 2.85. The summed E-state index contributed by atoms with van der Waals surface area (Å²) in [5.41, 5.74) is 1.30. The highest BCUT2D eigenvalue weighted by atomic mass is 32.1. The molecule has 0 spiro atoms. The Hall–Kier alpha value is -1.24. The minimum atomic E-state index is 0.0420. The van der Waals surface area contributed by atoms with Gasteiger partial charge in [0.1, 0.15) is 10.7 Å². The molecule has 2 aromatic rings. The summed E-state index contributed by atoms with van der Waals surface area (Å²) in [5.74, 6) is 1.50. The minimum absolute atomic E-state index is 0.0420. The van der Waals surface area contributed by atoms with Crippen LogP contribution in [0.15, 0.2) is 4.79 Å². The van der Waals surface area contributed by atoms with E-state index in [2.05, 4.69) is 16.8 Å². The topological polar surface area (TPSA) is 58.2 Å². The third-order valence-electron chi connectivity index (χ3n) is 4.69. The molecule has 118 valence electrons. The molecule has 0 amide bonds. The summed E-state index contributed by atoms with van der Waals surface area (Å²) in [6.45, 7) is 6.32. The predicted molar refractivity (Wildman–Crippen MR) is 87.5 cm³/mol. The lowest BCUT2D eigenvalue weighted by Gasteiger charge is -2.25. The van der Waals surface area contributed by atoms with Gasteiger partial charge in [-0.1, -0.05) is 6.92 Å². The molecule has 0 unspecified atom stereocenters. The first-order chi connectivity index (χ1) is 10.7. The number of morpholine rings is 1. The molecule has 6 heteroatoms. The number of ether oxygens (including phenoxy) is 1. The van der Waals surface area contributed by atoms with Crippen molar-refractivity contribution in [3.8, 4) is 0 Å². The summed E-state index contributed by atoms with van der Waals surface area (Å²) in [4.78, 5) is 24.8. The van der Waals surface area contributed by atoms with Crippen molar-refractivity contribution in [1.82, 2.24) is 14.9 Å². The Kier molecular flexibility index (Phi) is 3.76. The summed E-state index contributed by atoms with van der Waals surface area (Å²) in [7, 11) is 0. The van der Waals surface area contributed by atoms with Crippen molar-refractivity contribution >= 4 is 21.6 Å². The molecule has 1 fully saturated rings. The molecule has 0 bridgehead atoms. The lowest BCUT2D eigenvalue weighted by molar-refractivity contribution is 0.0331. The van der Waals surface area contributed by atoms with Crippen LogP contribution < -0.4 is 5.56 Å². The van der Waals surface area contributed by atoms with E-state index < -0.39 is 0 Å². The van der Waals surface area contributed by atoms with Gasteiger partial charge in [-0.2, -0.15) is 0 Å². The van der Waals surface area contributed by atoms with Gasteiger partial charge in [0.25, 0.3) is 5.56 Å². The fraction of sp³-hybridized carbons (Fsp3) is 0.625. The molecule has 0 aromatic carbocycles. The summed E-state index contributed by atoms with van der Waals surface area (Å²) >= 11 is 1.72. The number of fused-ring (bicyclic) bond motifs is 3. The van der Waals surface area contributed by atoms with Crippen LogP contribution in [0, 0.1) is 5.92 Å². The number of nitrogens with one attached hydrogen (secondary N) is 1. The van der Waals surface area contributed by atoms with Crippen LogP contribution in [-0.2, 0) is 24.1 Å². The SMILES string of the molecule is C[C@@H]1CCc2c(sc3nc(CN4CCOCC4)[nH]c(=O)c23)C1. The van der Waals surface area contributed by atoms with Crippen LogP contribution in [0.5, 0.6) is 0 Å². The van der Waals surface area contributed by atoms with Gasteiger partial charge < -0.3 is 9.72 Å². The second-order valence-corrected chi connectivity index (χ2v) is 7.52. The van der Waals surface area contributed by atoms with Crippen molar-refractivity contribution in [3.05, 3.63) is 26.6 Å². The Morgan fingerprint density at radius 1 is 1.41 bits per heavy atom. The molecule has 5 nitrogen and oxygen atoms in total. The van der Waals surface area contributed by atoms with Gasteiger partial charge in [-0.3, -0.25) is 9.69 Å². The van der Waals surface area contributed by atoms with E-state index in [9.17, 15) is 4.79 Å². The van der Waals surface area contributed by atoms with Crippen molar-refractivity contribution in [3.63, 3.8) is 0 Å². The third kappa shape index (κ3) is 2.59. The summed E-state index contributed by atoms with van der Waals surface area (Å²) in [5, 5.41) is 0.845. The molecule has 22 heavy (non-hydrogen) atoms. The van der Waals surface area contributed by atoms with E-state index in [4.69, 9.17) is 9.72 Å². The molecule has 0 radical (unpaired) electrons. The van der Waals surface area contributed by atoms with Crippen LogP contribution in [0.2, 0.25) is 0 Å². The largest absolute Gasteiger partial charge is 0.379 e. The van der Waals surface area contributed by atoms with E-state index in [1.807, 2.05) is 0 Å². The van der Waals surface area contributed by atoms with Crippen LogP contribution in [0.3, 0.4) is 0 Å². The maximum atomic E-state index is 12.5. The molecule has 1 saturated heterocycles. The monoisotopic (exact) mass is 319 g/mol. The standard InChI is InChI=1S/C16H21N3O2S/c1-10-2-3-11-12(8-10)22-16-14(11)15(20)17-13(18-16)9-19-4-6-21-7-5-19/h10H,2-9H2,1H3,(H,17,18,20)/t10-/m1/s1. The molecule has 3 heterocycles. The van der Waals surface area contributed by atoms with E-state index in [1.165, 1.54) is 16.9 Å². The van der Waals surface area contributed by atoms with Crippen LogP contribution in [0.4, 0.5) is 0 Å². The van der Waals surface area contributed by atoms with Crippen LogP contribution in [0.1, 0.15) is 29.6 Å². The number of H-pyrrole nitrogens is 1. The second kappa shape index (κ2) is 5.76. The highest BCUT2D eigenvalue weighted by molar-refractivity contribution is 7.18. The Balaban J connectivity index is 1.69. The first kappa shape index (κ1) is 14.4. The Morgan fingerprint density at radius 3 is 3.05 bits per heavy atom. The van der Waals surface area contributed by atoms with Gasteiger partial charge >= 0.3 is 0 Å². The number of aromatic nitrogens is 2. The van der Waals surface area contributed by atoms with Crippen LogP contribution >= 0.6 is 11.3 Å². The maximum Gasteiger partial charge on any atom is 0.259 e. The Morgan fingerprint density at radius 2 is 2.23 bits per heavy atom. The van der Waals surface area contributed by atoms with E-state index in [-0.39, 0.29) is 5.56 Å². The van der Waals surface area contributed by atoms with Crippen molar-refractivity contribution < 1.29 is 4.74 Å². The first-order valence-corrected chi connectivity index (χ1v) is 8.86. The van der Waals surface area contributed by atoms with Gasteiger partial charge in [-0.15, -0.1) is 11.3 Å². The molecule has 1 atom stereocenters. The zero-order chi connectivity index (χ0) is 15.1. The van der Waals surface area contributed by atoms with E-state index in [0.29, 0.717) is 12.5 Å². The quantitative estimate of drug-likeness (QED) is 0.919. The number of hydrogen-bond acceptors (Lipinski definition) is 5.